The molecular weight excluding hydrogens is 246 g/mol. The molecule has 0 radical (unpaired) electrons. The Labute approximate surface area is 121 Å². The van der Waals surface area contributed by atoms with E-state index in [1.165, 1.54) is 5.56 Å². The van der Waals surface area contributed by atoms with Gasteiger partial charge in [0.1, 0.15) is 0 Å². The molecule has 0 aliphatic heterocycles. The second-order valence-corrected chi connectivity index (χ2v) is 6.19. The van der Waals surface area contributed by atoms with Gasteiger partial charge < -0.3 is 5.32 Å². The number of hydrogen-bond acceptors (Lipinski definition) is 3. The Balaban J connectivity index is 2.29. The van der Waals surface area contributed by atoms with Gasteiger partial charge in [-0.2, -0.15) is 0 Å². The molecule has 0 bridgehead atoms. The first-order valence-corrected chi connectivity index (χ1v) is 7.03. The molecule has 2 aromatic rings. The average Bonchev–Trinajstić information content (AvgIpc) is 2.38. The number of benzene rings is 1. The summed E-state index contributed by atoms with van der Waals surface area (Å²) >= 11 is 0. The zero-order valence-electron chi connectivity index (χ0n) is 12.9. The monoisotopic (exact) mass is 269 g/mol. The molecule has 0 fully saturated rings. The Morgan fingerprint density at radius 1 is 1.05 bits per heavy atom. The van der Waals surface area contributed by atoms with Crippen LogP contribution in [0.25, 0.3) is 0 Å². The van der Waals surface area contributed by atoms with Gasteiger partial charge in [0.25, 0.3) is 0 Å². The fourth-order valence-corrected chi connectivity index (χ4v) is 2.41. The Morgan fingerprint density at radius 2 is 1.70 bits per heavy atom. The summed E-state index contributed by atoms with van der Waals surface area (Å²) in [5.74, 6) is 0. The minimum Gasteiger partial charge on any atom is -0.377 e. The molecule has 0 saturated carbocycles. The number of aryl methyl sites for hydroxylation is 1. The summed E-state index contributed by atoms with van der Waals surface area (Å²) < 4.78 is 0. The van der Waals surface area contributed by atoms with E-state index in [9.17, 15) is 0 Å². The van der Waals surface area contributed by atoms with Crippen molar-refractivity contribution in [3.63, 3.8) is 0 Å². The Bertz CT molecular complexity index is 585. The topological polar surface area (TPSA) is 37.8 Å². The molecule has 1 unspecified atom stereocenters. The predicted molar refractivity (Wildman–Crippen MR) is 83.9 cm³/mol. The van der Waals surface area contributed by atoms with Gasteiger partial charge in [0.05, 0.1) is 17.4 Å². The van der Waals surface area contributed by atoms with Crippen LogP contribution in [0.15, 0.2) is 36.7 Å². The number of nitrogens with zero attached hydrogens (tertiary/aromatic N) is 2. The first-order valence-electron chi connectivity index (χ1n) is 7.03. The quantitative estimate of drug-likeness (QED) is 0.905. The van der Waals surface area contributed by atoms with Crippen molar-refractivity contribution >= 4 is 5.69 Å². The van der Waals surface area contributed by atoms with Gasteiger partial charge in [0.2, 0.25) is 0 Å². The number of hydrogen-bond donors (Lipinski definition) is 1. The summed E-state index contributed by atoms with van der Waals surface area (Å²) in [7, 11) is 0. The van der Waals surface area contributed by atoms with E-state index in [1.807, 2.05) is 6.92 Å². The highest BCUT2D eigenvalue weighted by molar-refractivity contribution is 5.55. The number of rotatable bonds is 3. The van der Waals surface area contributed by atoms with Crippen molar-refractivity contribution < 1.29 is 0 Å². The minimum absolute atomic E-state index is 0.112. The van der Waals surface area contributed by atoms with Crippen molar-refractivity contribution in [3.05, 3.63) is 53.6 Å². The van der Waals surface area contributed by atoms with E-state index in [1.54, 1.807) is 12.4 Å². The third-order valence-electron chi connectivity index (χ3n) is 3.44. The van der Waals surface area contributed by atoms with Gasteiger partial charge in [-0.15, -0.1) is 0 Å². The second-order valence-electron chi connectivity index (χ2n) is 6.19. The molecule has 0 aliphatic carbocycles. The third kappa shape index (κ3) is 3.16. The molecule has 0 saturated heterocycles. The Hall–Kier alpha value is -1.90. The molecule has 1 N–H and O–H groups in total. The maximum atomic E-state index is 4.44. The first kappa shape index (κ1) is 14.5. The summed E-state index contributed by atoms with van der Waals surface area (Å²) in [6.07, 6.45) is 3.48. The highest BCUT2D eigenvalue weighted by Crippen LogP contribution is 2.31. The largest absolute Gasteiger partial charge is 0.377 e. The van der Waals surface area contributed by atoms with Gasteiger partial charge in [-0.1, -0.05) is 39.0 Å². The smallest absolute Gasteiger partial charge is 0.0835 e. The van der Waals surface area contributed by atoms with Crippen LogP contribution >= 0.6 is 0 Å². The lowest BCUT2D eigenvalue weighted by atomic mass is 9.85. The van der Waals surface area contributed by atoms with E-state index in [2.05, 4.69) is 67.2 Å². The van der Waals surface area contributed by atoms with Crippen molar-refractivity contribution in [2.24, 2.45) is 0 Å². The average molecular weight is 269 g/mol. The molecule has 3 nitrogen and oxygen atoms in total. The van der Waals surface area contributed by atoms with Crippen molar-refractivity contribution in [2.75, 3.05) is 5.32 Å². The summed E-state index contributed by atoms with van der Waals surface area (Å²) in [6.45, 7) is 10.8. The summed E-state index contributed by atoms with van der Waals surface area (Å²) in [6, 6.07) is 8.59. The number of anilines is 1. The Kier molecular flexibility index (Phi) is 4.07. The fraction of sp³-hybridized carbons (Fsp3) is 0.412. The zero-order valence-corrected chi connectivity index (χ0v) is 12.9. The van der Waals surface area contributed by atoms with Crippen LogP contribution in [0.4, 0.5) is 5.69 Å². The van der Waals surface area contributed by atoms with Crippen LogP contribution in [0.1, 0.15) is 50.7 Å². The van der Waals surface area contributed by atoms with Crippen molar-refractivity contribution in [2.45, 2.75) is 46.1 Å². The fourth-order valence-electron chi connectivity index (χ4n) is 2.41. The lowest BCUT2D eigenvalue weighted by Gasteiger charge is -2.25. The second kappa shape index (κ2) is 5.61. The van der Waals surface area contributed by atoms with E-state index in [-0.39, 0.29) is 11.5 Å². The molecule has 1 atom stereocenters. The van der Waals surface area contributed by atoms with Crippen LogP contribution in [0, 0.1) is 6.92 Å². The molecule has 3 heteroatoms. The van der Waals surface area contributed by atoms with Crippen LogP contribution in [-0.2, 0) is 5.41 Å². The SMILES string of the molecule is Cc1nccnc1C(C)Nc1ccccc1C(C)(C)C. The molecule has 1 aromatic heterocycles. The van der Waals surface area contributed by atoms with E-state index < -0.39 is 0 Å². The molecule has 1 aromatic carbocycles. The van der Waals surface area contributed by atoms with Gasteiger partial charge >= 0.3 is 0 Å². The molecule has 20 heavy (non-hydrogen) atoms. The van der Waals surface area contributed by atoms with Crippen LogP contribution < -0.4 is 5.32 Å². The summed E-state index contributed by atoms with van der Waals surface area (Å²) in [4.78, 5) is 8.75. The molecule has 0 spiro atoms. The minimum atomic E-state index is 0.112. The lowest BCUT2D eigenvalue weighted by molar-refractivity contribution is 0.590. The molecule has 0 amide bonds. The van der Waals surface area contributed by atoms with Gasteiger partial charge in [-0.05, 0) is 30.9 Å². The Morgan fingerprint density at radius 3 is 2.35 bits per heavy atom. The van der Waals surface area contributed by atoms with Crippen LogP contribution in [0.2, 0.25) is 0 Å². The molecule has 106 valence electrons. The van der Waals surface area contributed by atoms with Crippen molar-refractivity contribution in [3.8, 4) is 0 Å². The summed E-state index contributed by atoms with van der Waals surface area (Å²) in [5, 5.41) is 3.57. The third-order valence-corrected chi connectivity index (χ3v) is 3.44. The highest BCUT2D eigenvalue weighted by atomic mass is 15.0. The number of aromatic nitrogens is 2. The maximum Gasteiger partial charge on any atom is 0.0835 e. The van der Waals surface area contributed by atoms with Gasteiger partial charge in [0, 0.05) is 18.1 Å². The van der Waals surface area contributed by atoms with Crippen LogP contribution in [0.3, 0.4) is 0 Å². The van der Waals surface area contributed by atoms with Crippen LogP contribution in [-0.4, -0.2) is 9.97 Å². The lowest BCUT2D eigenvalue weighted by Crippen LogP contribution is -2.17. The molecule has 0 aliphatic rings. The van der Waals surface area contributed by atoms with E-state index in [0.717, 1.165) is 17.1 Å². The van der Waals surface area contributed by atoms with Crippen molar-refractivity contribution in [1.29, 1.82) is 0 Å². The standard InChI is InChI=1S/C17H23N3/c1-12-16(19-11-10-18-12)13(2)20-15-9-7-6-8-14(15)17(3,4)5/h6-11,13,20H,1-5H3. The van der Waals surface area contributed by atoms with Crippen LogP contribution in [0.5, 0.6) is 0 Å². The van der Waals surface area contributed by atoms with Crippen molar-refractivity contribution in [1.82, 2.24) is 9.97 Å². The molecular formula is C17H23N3. The normalized spacial score (nSPS) is 13.1. The molecule has 2 rings (SSSR count). The first-order chi connectivity index (χ1) is 9.39. The zero-order chi connectivity index (χ0) is 14.8. The highest BCUT2D eigenvalue weighted by Gasteiger charge is 2.19. The van der Waals surface area contributed by atoms with E-state index in [4.69, 9.17) is 0 Å². The van der Waals surface area contributed by atoms with Gasteiger partial charge in [-0.3, -0.25) is 9.97 Å². The predicted octanol–water partition coefficient (Wildman–Crippen LogP) is 4.26. The van der Waals surface area contributed by atoms with E-state index >= 15 is 0 Å². The summed E-state index contributed by atoms with van der Waals surface area (Å²) in [5.41, 5.74) is 4.56. The maximum absolute atomic E-state index is 4.44. The number of para-hydroxylation sites is 1. The number of nitrogens with one attached hydrogen (secondary N) is 1. The van der Waals surface area contributed by atoms with Gasteiger partial charge in [0.15, 0.2) is 0 Å². The van der Waals surface area contributed by atoms with E-state index in [0.29, 0.717) is 0 Å². The molecule has 1 heterocycles. The van der Waals surface area contributed by atoms with Gasteiger partial charge in [-0.25, -0.2) is 0 Å².